The highest BCUT2D eigenvalue weighted by Crippen LogP contribution is 2.32. The Labute approximate surface area is 199 Å². The molecule has 1 amide bonds. The molecule has 9 heteroatoms. The van der Waals surface area contributed by atoms with Crippen molar-refractivity contribution in [2.24, 2.45) is 5.10 Å². The average Bonchev–Trinajstić information content (AvgIpc) is 3.46. The summed E-state index contributed by atoms with van der Waals surface area (Å²) in [5, 5.41) is 16.5. The van der Waals surface area contributed by atoms with Crippen LogP contribution in [0.3, 0.4) is 0 Å². The molecule has 0 radical (unpaired) electrons. The highest BCUT2D eigenvalue weighted by atomic mass is 32.1. The van der Waals surface area contributed by atoms with Gasteiger partial charge in [-0.1, -0.05) is 18.2 Å². The van der Waals surface area contributed by atoms with Crippen molar-refractivity contribution in [1.29, 1.82) is 0 Å². The number of carbonyl (C=O) groups is 3. The molecular formula is C25H20N2O6S. The van der Waals surface area contributed by atoms with E-state index in [1.54, 1.807) is 60.8 Å². The number of carboxylic acids is 1. The maximum absolute atomic E-state index is 13.1. The third kappa shape index (κ3) is 4.74. The van der Waals surface area contributed by atoms with Crippen molar-refractivity contribution in [2.75, 3.05) is 11.6 Å². The molecule has 1 aromatic heterocycles. The van der Waals surface area contributed by atoms with E-state index in [0.717, 1.165) is 0 Å². The first kappa shape index (κ1) is 22.9. The molecule has 0 spiro atoms. The smallest absolute Gasteiger partial charge is 0.353 e. The summed E-state index contributed by atoms with van der Waals surface area (Å²) in [6, 6.07) is 14.5. The van der Waals surface area contributed by atoms with Gasteiger partial charge in [-0.05, 0) is 67.3 Å². The zero-order chi connectivity index (χ0) is 24.2. The lowest BCUT2D eigenvalue weighted by Crippen LogP contribution is -2.21. The normalized spacial score (nSPS) is 14.3. The molecule has 0 atom stereocenters. The maximum Gasteiger partial charge on any atom is 0.353 e. The Balaban J connectivity index is 1.61. The lowest BCUT2D eigenvalue weighted by molar-refractivity contribution is -0.114. The summed E-state index contributed by atoms with van der Waals surface area (Å²) in [7, 11) is 0. The van der Waals surface area contributed by atoms with Crippen molar-refractivity contribution < 1.29 is 29.0 Å². The van der Waals surface area contributed by atoms with Gasteiger partial charge in [0.15, 0.2) is 11.5 Å². The number of hydrogen-bond donors (Lipinski definition) is 1. The minimum Gasteiger partial charge on any atom is -0.490 e. The standard InChI is InChI=1S/C25H20N2O6S/c1-3-32-21-13-16(9-10-20(21)33-25(31)22-8-5-11-34-22)12-19-15(2)26-27(23(19)28)18-7-4-6-17(14-18)24(29)30/h4-14H,3H2,1-2H3,(H,29,30)/b19-12+. The van der Waals surface area contributed by atoms with Gasteiger partial charge >= 0.3 is 11.9 Å². The molecule has 0 bridgehead atoms. The highest BCUT2D eigenvalue weighted by molar-refractivity contribution is 7.12. The van der Waals surface area contributed by atoms with Gasteiger partial charge in [-0.15, -0.1) is 11.3 Å². The zero-order valence-corrected chi connectivity index (χ0v) is 19.2. The number of anilines is 1. The van der Waals surface area contributed by atoms with E-state index in [2.05, 4.69) is 5.10 Å². The van der Waals surface area contributed by atoms with Gasteiger partial charge in [-0.2, -0.15) is 10.1 Å². The maximum atomic E-state index is 13.1. The lowest BCUT2D eigenvalue weighted by atomic mass is 10.1. The molecule has 1 aliphatic rings. The molecule has 34 heavy (non-hydrogen) atoms. The third-order valence-electron chi connectivity index (χ3n) is 4.90. The molecule has 1 aliphatic heterocycles. The van der Waals surface area contributed by atoms with Gasteiger partial charge in [0.25, 0.3) is 5.91 Å². The fourth-order valence-electron chi connectivity index (χ4n) is 3.31. The number of ether oxygens (including phenoxy) is 2. The fraction of sp³-hybridized carbons (Fsp3) is 0.120. The number of esters is 1. The third-order valence-corrected chi connectivity index (χ3v) is 5.75. The Morgan fingerprint density at radius 2 is 1.94 bits per heavy atom. The summed E-state index contributed by atoms with van der Waals surface area (Å²) >= 11 is 1.28. The number of carbonyl (C=O) groups excluding carboxylic acids is 2. The van der Waals surface area contributed by atoms with E-state index in [-0.39, 0.29) is 17.2 Å². The second kappa shape index (κ2) is 9.72. The monoisotopic (exact) mass is 476 g/mol. The molecule has 4 rings (SSSR count). The van der Waals surface area contributed by atoms with Crippen LogP contribution in [0, 0.1) is 0 Å². The number of nitrogens with zero attached hydrogens (tertiary/aromatic N) is 2. The summed E-state index contributed by atoms with van der Waals surface area (Å²) in [4.78, 5) is 37.1. The lowest BCUT2D eigenvalue weighted by Gasteiger charge is -2.12. The summed E-state index contributed by atoms with van der Waals surface area (Å²) in [6.45, 7) is 3.87. The van der Waals surface area contributed by atoms with E-state index in [4.69, 9.17) is 9.47 Å². The van der Waals surface area contributed by atoms with Crippen molar-refractivity contribution in [1.82, 2.24) is 0 Å². The Bertz CT molecular complexity index is 1330. The molecule has 3 aromatic rings. The summed E-state index contributed by atoms with van der Waals surface area (Å²) in [6.07, 6.45) is 1.66. The summed E-state index contributed by atoms with van der Waals surface area (Å²) in [5.41, 5.74) is 1.91. The molecule has 0 saturated heterocycles. The number of hydrogen-bond acceptors (Lipinski definition) is 7. The van der Waals surface area contributed by atoms with Crippen LogP contribution in [-0.2, 0) is 4.79 Å². The van der Waals surface area contributed by atoms with Crippen LogP contribution < -0.4 is 14.5 Å². The summed E-state index contributed by atoms with van der Waals surface area (Å²) in [5.74, 6) is -1.31. The summed E-state index contributed by atoms with van der Waals surface area (Å²) < 4.78 is 11.1. The molecule has 0 fully saturated rings. The molecular weight excluding hydrogens is 456 g/mol. The predicted octanol–water partition coefficient (Wildman–Crippen LogP) is 4.87. The van der Waals surface area contributed by atoms with Crippen LogP contribution in [0.15, 0.2) is 70.7 Å². The number of benzene rings is 2. The van der Waals surface area contributed by atoms with Gasteiger partial charge < -0.3 is 14.6 Å². The molecule has 2 heterocycles. The van der Waals surface area contributed by atoms with Crippen molar-refractivity contribution in [3.05, 3.63) is 81.6 Å². The van der Waals surface area contributed by atoms with Crippen LogP contribution in [0.25, 0.3) is 6.08 Å². The highest BCUT2D eigenvalue weighted by Gasteiger charge is 2.29. The Kier molecular flexibility index (Phi) is 6.55. The average molecular weight is 477 g/mol. The zero-order valence-electron chi connectivity index (χ0n) is 18.3. The molecule has 0 unspecified atom stereocenters. The Morgan fingerprint density at radius 1 is 1.12 bits per heavy atom. The van der Waals surface area contributed by atoms with E-state index in [1.807, 2.05) is 6.92 Å². The number of aromatic carboxylic acids is 1. The van der Waals surface area contributed by atoms with Crippen molar-refractivity contribution in [3.63, 3.8) is 0 Å². The van der Waals surface area contributed by atoms with Crippen LogP contribution in [0.2, 0.25) is 0 Å². The van der Waals surface area contributed by atoms with E-state index in [1.165, 1.54) is 28.5 Å². The van der Waals surface area contributed by atoms with Gasteiger partial charge in [0.05, 0.1) is 29.1 Å². The molecule has 172 valence electrons. The Hall–Kier alpha value is -4.24. The second-order valence-corrected chi connectivity index (χ2v) is 8.17. The topological polar surface area (TPSA) is 106 Å². The van der Waals surface area contributed by atoms with Gasteiger partial charge in [-0.3, -0.25) is 4.79 Å². The van der Waals surface area contributed by atoms with Gasteiger partial charge in [0.1, 0.15) is 4.88 Å². The number of rotatable bonds is 7. The van der Waals surface area contributed by atoms with Crippen LogP contribution in [-0.4, -0.2) is 35.3 Å². The van der Waals surface area contributed by atoms with E-state index < -0.39 is 11.9 Å². The van der Waals surface area contributed by atoms with Crippen LogP contribution in [0.5, 0.6) is 11.5 Å². The van der Waals surface area contributed by atoms with Gasteiger partial charge in [-0.25, -0.2) is 9.59 Å². The fourth-order valence-corrected chi connectivity index (χ4v) is 3.91. The molecule has 0 aliphatic carbocycles. The second-order valence-electron chi connectivity index (χ2n) is 7.22. The van der Waals surface area contributed by atoms with E-state index in [9.17, 15) is 19.5 Å². The minimum absolute atomic E-state index is 0.0598. The number of amides is 1. The SMILES string of the molecule is CCOc1cc(/C=C2/C(=O)N(c3cccc(C(=O)O)c3)N=C2C)ccc1OC(=O)c1cccs1. The van der Waals surface area contributed by atoms with Crippen LogP contribution >= 0.6 is 11.3 Å². The number of carboxylic acid groups (broad SMARTS) is 1. The van der Waals surface area contributed by atoms with E-state index >= 15 is 0 Å². The first-order valence-corrected chi connectivity index (χ1v) is 11.2. The predicted molar refractivity (Wildman–Crippen MR) is 129 cm³/mol. The largest absolute Gasteiger partial charge is 0.490 e. The van der Waals surface area contributed by atoms with Crippen molar-refractivity contribution >= 4 is 46.7 Å². The Morgan fingerprint density at radius 3 is 2.65 bits per heavy atom. The first-order chi connectivity index (χ1) is 16.4. The molecule has 8 nitrogen and oxygen atoms in total. The minimum atomic E-state index is -1.09. The number of hydrazone groups is 1. The van der Waals surface area contributed by atoms with E-state index in [0.29, 0.717) is 39.8 Å². The van der Waals surface area contributed by atoms with Crippen LogP contribution in [0.1, 0.15) is 39.4 Å². The quantitative estimate of drug-likeness (QED) is 0.296. The molecule has 2 aromatic carbocycles. The first-order valence-electron chi connectivity index (χ1n) is 10.3. The van der Waals surface area contributed by atoms with Crippen molar-refractivity contribution in [2.45, 2.75) is 13.8 Å². The van der Waals surface area contributed by atoms with Gasteiger partial charge in [0, 0.05) is 0 Å². The molecule has 0 saturated carbocycles. The van der Waals surface area contributed by atoms with Crippen molar-refractivity contribution in [3.8, 4) is 11.5 Å². The van der Waals surface area contributed by atoms with Crippen LogP contribution in [0.4, 0.5) is 5.69 Å². The number of thiophene rings is 1. The van der Waals surface area contributed by atoms with Gasteiger partial charge in [0.2, 0.25) is 0 Å². The molecule has 1 N–H and O–H groups in total.